The summed E-state index contributed by atoms with van der Waals surface area (Å²) < 4.78 is 5.50. The van der Waals surface area contributed by atoms with Gasteiger partial charge in [0.05, 0.1) is 12.2 Å². The van der Waals surface area contributed by atoms with Crippen LogP contribution in [0, 0.1) is 0 Å². The van der Waals surface area contributed by atoms with Crippen molar-refractivity contribution in [3.8, 4) is 5.75 Å². The van der Waals surface area contributed by atoms with Gasteiger partial charge in [-0.2, -0.15) is 0 Å². The molecule has 5 nitrogen and oxygen atoms in total. The standard InChI is InChI=1S/C20H24N2O3/c1-4-25-18-11-6-5-10-17(18)20(24)21-16-9-7-8-15(14-16)12-13-19(23)22(2)3/h5-11,14H,4,12-13H2,1-3H3,(H,21,24). The maximum Gasteiger partial charge on any atom is 0.259 e. The molecule has 2 rings (SSSR count). The summed E-state index contributed by atoms with van der Waals surface area (Å²) in [4.78, 5) is 25.8. The smallest absolute Gasteiger partial charge is 0.259 e. The van der Waals surface area contributed by atoms with Gasteiger partial charge in [-0.05, 0) is 43.2 Å². The van der Waals surface area contributed by atoms with E-state index in [4.69, 9.17) is 4.74 Å². The SMILES string of the molecule is CCOc1ccccc1C(=O)Nc1cccc(CCC(=O)N(C)C)c1. The third kappa shape index (κ3) is 5.35. The molecule has 0 saturated heterocycles. The molecule has 0 aliphatic carbocycles. The Morgan fingerprint density at radius 2 is 1.84 bits per heavy atom. The topological polar surface area (TPSA) is 58.6 Å². The Labute approximate surface area is 148 Å². The number of aryl methyl sites for hydroxylation is 1. The lowest BCUT2D eigenvalue weighted by molar-refractivity contribution is -0.128. The number of nitrogens with zero attached hydrogens (tertiary/aromatic N) is 1. The maximum atomic E-state index is 12.5. The summed E-state index contributed by atoms with van der Waals surface area (Å²) in [7, 11) is 3.49. The largest absolute Gasteiger partial charge is 0.493 e. The van der Waals surface area contributed by atoms with Gasteiger partial charge in [-0.1, -0.05) is 24.3 Å². The summed E-state index contributed by atoms with van der Waals surface area (Å²) >= 11 is 0. The normalized spacial score (nSPS) is 10.2. The second-order valence-corrected chi connectivity index (χ2v) is 5.87. The molecule has 5 heteroatoms. The highest BCUT2D eigenvalue weighted by Crippen LogP contribution is 2.20. The number of ether oxygens (including phenoxy) is 1. The van der Waals surface area contributed by atoms with Gasteiger partial charge >= 0.3 is 0 Å². The number of para-hydroxylation sites is 1. The van der Waals surface area contributed by atoms with Crippen LogP contribution in [0.3, 0.4) is 0 Å². The summed E-state index contributed by atoms with van der Waals surface area (Å²) in [5, 5.41) is 2.89. The van der Waals surface area contributed by atoms with E-state index >= 15 is 0 Å². The fraction of sp³-hybridized carbons (Fsp3) is 0.300. The highest BCUT2D eigenvalue weighted by Gasteiger charge is 2.12. The van der Waals surface area contributed by atoms with Crippen molar-refractivity contribution in [3.63, 3.8) is 0 Å². The quantitative estimate of drug-likeness (QED) is 0.841. The zero-order chi connectivity index (χ0) is 18.2. The van der Waals surface area contributed by atoms with Crippen LogP contribution in [0.25, 0.3) is 0 Å². The highest BCUT2D eigenvalue weighted by molar-refractivity contribution is 6.06. The van der Waals surface area contributed by atoms with Crippen LogP contribution in [0.15, 0.2) is 48.5 Å². The molecule has 1 N–H and O–H groups in total. The molecule has 0 bridgehead atoms. The van der Waals surface area contributed by atoms with E-state index in [1.165, 1.54) is 0 Å². The molecule has 0 atom stereocenters. The number of nitrogens with one attached hydrogen (secondary N) is 1. The number of anilines is 1. The van der Waals surface area contributed by atoms with Gasteiger partial charge in [0.25, 0.3) is 5.91 Å². The minimum Gasteiger partial charge on any atom is -0.493 e. The van der Waals surface area contributed by atoms with E-state index in [1.54, 1.807) is 37.2 Å². The highest BCUT2D eigenvalue weighted by atomic mass is 16.5. The fourth-order valence-corrected chi connectivity index (χ4v) is 2.41. The summed E-state index contributed by atoms with van der Waals surface area (Å²) in [6, 6.07) is 14.7. The monoisotopic (exact) mass is 340 g/mol. The number of hydrogen-bond donors (Lipinski definition) is 1. The summed E-state index contributed by atoms with van der Waals surface area (Å²) in [6.07, 6.45) is 1.08. The molecule has 0 aliphatic heterocycles. The molecule has 2 aromatic rings. The lowest BCUT2D eigenvalue weighted by Crippen LogP contribution is -2.21. The van der Waals surface area contributed by atoms with E-state index in [0.717, 1.165) is 5.56 Å². The van der Waals surface area contributed by atoms with Gasteiger partial charge in [-0.15, -0.1) is 0 Å². The average molecular weight is 340 g/mol. The predicted octanol–water partition coefficient (Wildman–Crippen LogP) is 3.36. The Morgan fingerprint density at radius 1 is 1.08 bits per heavy atom. The zero-order valence-corrected chi connectivity index (χ0v) is 14.9. The minimum absolute atomic E-state index is 0.0834. The summed E-state index contributed by atoms with van der Waals surface area (Å²) in [5.41, 5.74) is 2.20. The molecule has 0 aromatic heterocycles. The van der Waals surface area contributed by atoms with Crippen molar-refractivity contribution in [2.45, 2.75) is 19.8 Å². The molecule has 0 aliphatic rings. The van der Waals surface area contributed by atoms with Crippen LogP contribution < -0.4 is 10.1 Å². The third-order valence-electron chi connectivity index (χ3n) is 3.74. The Kier molecular flexibility index (Phi) is 6.57. The molecular weight excluding hydrogens is 316 g/mol. The van der Waals surface area contributed by atoms with Crippen molar-refractivity contribution < 1.29 is 14.3 Å². The van der Waals surface area contributed by atoms with Crippen molar-refractivity contribution in [1.82, 2.24) is 4.90 Å². The van der Waals surface area contributed by atoms with Gasteiger partial charge in [0, 0.05) is 26.2 Å². The van der Waals surface area contributed by atoms with E-state index in [1.807, 2.05) is 37.3 Å². The number of carbonyl (C=O) groups excluding carboxylic acids is 2. The first kappa shape index (κ1) is 18.5. The minimum atomic E-state index is -0.217. The van der Waals surface area contributed by atoms with Crippen molar-refractivity contribution in [2.75, 3.05) is 26.0 Å². The van der Waals surface area contributed by atoms with Crippen LogP contribution in [0.5, 0.6) is 5.75 Å². The molecule has 0 saturated carbocycles. The number of carbonyl (C=O) groups is 2. The van der Waals surface area contributed by atoms with Crippen LogP contribution >= 0.6 is 0 Å². The van der Waals surface area contributed by atoms with Gasteiger partial charge in [-0.3, -0.25) is 9.59 Å². The lowest BCUT2D eigenvalue weighted by atomic mass is 10.1. The molecule has 0 fully saturated rings. The summed E-state index contributed by atoms with van der Waals surface area (Å²) in [6.45, 7) is 2.38. The average Bonchev–Trinajstić information content (AvgIpc) is 2.60. The molecule has 0 radical (unpaired) electrons. The second-order valence-electron chi connectivity index (χ2n) is 5.87. The van der Waals surface area contributed by atoms with E-state index in [2.05, 4.69) is 5.32 Å². The summed E-state index contributed by atoms with van der Waals surface area (Å²) in [5.74, 6) is 0.431. The maximum absolute atomic E-state index is 12.5. The molecule has 0 heterocycles. The van der Waals surface area contributed by atoms with Crippen molar-refractivity contribution in [1.29, 1.82) is 0 Å². The molecule has 25 heavy (non-hydrogen) atoms. The van der Waals surface area contributed by atoms with Crippen LogP contribution in [0.4, 0.5) is 5.69 Å². The Bertz CT molecular complexity index is 741. The molecule has 2 amide bonds. The molecule has 0 unspecified atom stereocenters. The predicted molar refractivity (Wildman–Crippen MR) is 99.0 cm³/mol. The first-order chi connectivity index (χ1) is 12.0. The Balaban J connectivity index is 2.06. The number of amides is 2. The van der Waals surface area contributed by atoms with Crippen LogP contribution in [0.2, 0.25) is 0 Å². The number of benzene rings is 2. The fourth-order valence-electron chi connectivity index (χ4n) is 2.41. The van der Waals surface area contributed by atoms with Gasteiger partial charge in [-0.25, -0.2) is 0 Å². The van der Waals surface area contributed by atoms with Crippen molar-refractivity contribution in [2.24, 2.45) is 0 Å². The second kappa shape index (κ2) is 8.87. The molecule has 2 aromatic carbocycles. The number of hydrogen-bond acceptors (Lipinski definition) is 3. The van der Waals surface area contributed by atoms with E-state index in [9.17, 15) is 9.59 Å². The van der Waals surface area contributed by atoms with Gasteiger partial charge < -0.3 is 15.0 Å². The van der Waals surface area contributed by atoms with Crippen LogP contribution in [-0.4, -0.2) is 37.4 Å². The first-order valence-electron chi connectivity index (χ1n) is 8.33. The van der Waals surface area contributed by atoms with Crippen molar-refractivity contribution in [3.05, 3.63) is 59.7 Å². The van der Waals surface area contributed by atoms with Crippen LogP contribution in [0.1, 0.15) is 29.3 Å². The molecular formula is C20H24N2O3. The molecule has 0 spiro atoms. The van der Waals surface area contributed by atoms with Crippen molar-refractivity contribution >= 4 is 17.5 Å². The number of rotatable bonds is 7. The Hall–Kier alpha value is -2.82. The molecule has 132 valence electrons. The van der Waals surface area contributed by atoms with Gasteiger partial charge in [0.1, 0.15) is 5.75 Å². The van der Waals surface area contributed by atoms with Crippen LogP contribution in [-0.2, 0) is 11.2 Å². The van der Waals surface area contributed by atoms with E-state index in [-0.39, 0.29) is 11.8 Å². The zero-order valence-electron chi connectivity index (χ0n) is 14.9. The lowest BCUT2D eigenvalue weighted by Gasteiger charge is -2.12. The van der Waals surface area contributed by atoms with Gasteiger partial charge in [0.2, 0.25) is 5.91 Å². The van der Waals surface area contributed by atoms with E-state index in [0.29, 0.717) is 36.4 Å². The third-order valence-corrected chi connectivity index (χ3v) is 3.74. The Morgan fingerprint density at radius 3 is 2.56 bits per heavy atom. The van der Waals surface area contributed by atoms with Gasteiger partial charge in [0.15, 0.2) is 0 Å². The van der Waals surface area contributed by atoms with E-state index < -0.39 is 0 Å². The first-order valence-corrected chi connectivity index (χ1v) is 8.33.